The Morgan fingerprint density at radius 3 is 2.46 bits per heavy atom. The molecule has 142 valence electrons. The van der Waals surface area contributed by atoms with Gasteiger partial charge in [-0.25, -0.2) is 9.50 Å². The van der Waals surface area contributed by atoms with Crippen molar-refractivity contribution in [2.24, 2.45) is 17.8 Å². The molecule has 2 atom stereocenters. The molecule has 2 aliphatic carbocycles. The van der Waals surface area contributed by atoms with Crippen LogP contribution in [0, 0.1) is 17.8 Å². The minimum absolute atomic E-state index is 0.117. The number of hydrogen-bond donors (Lipinski definition) is 0. The van der Waals surface area contributed by atoms with Crippen molar-refractivity contribution in [2.75, 3.05) is 6.54 Å². The van der Waals surface area contributed by atoms with Crippen LogP contribution in [0.4, 0.5) is 0 Å². The van der Waals surface area contributed by atoms with Crippen molar-refractivity contribution in [2.45, 2.75) is 38.1 Å². The van der Waals surface area contributed by atoms with Crippen molar-refractivity contribution in [3.05, 3.63) is 54.4 Å². The Morgan fingerprint density at radius 1 is 0.929 bits per heavy atom. The molecule has 0 N–H and O–H groups in total. The Morgan fingerprint density at radius 2 is 1.68 bits per heavy atom. The van der Waals surface area contributed by atoms with E-state index in [-0.39, 0.29) is 5.91 Å². The maximum absolute atomic E-state index is 13.6. The number of rotatable bonds is 2. The fourth-order valence-corrected chi connectivity index (χ4v) is 6.06. The van der Waals surface area contributed by atoms with Gasteiger partial charge in [0.1, 0.15) is 5.56 Å². The first-order valence-electron chi connectivity index (χ1n) is 10.5. The molecule has 2 saturated carbocycles. The second-order valence-corrected chi connectivity index (χ2v) is 8.88. The summed E-state index contributed by atoms with van der Waals surface area (Å²) in [5.41, 5.74) is 3.33. The maximum Gasteiger partial charge on any atom is 0.259 e. The van der Waals surface area contributed by atoms with Gasteiger partial charge in [0.25, 0.3) is 5.91 Å². The van der Waals surface area contributed by atoms with Crippen LogP contribution in [0.15, 0.2) is 48.8 Å². The van der Waals surface area contributed by atoms with Gasteiger partial charge in [-0.1, -0.05) is 30.3 Å². The van der Waals surface area contributed by atoms with Gasteiger partial charge in [0.05, 0.1) is 11.9 Å². The summed E-state index contributed by atoms with van der Waals surface area (Å²) in [5.74, 6) is 2.44. The van der Waals surface area contributed by atoms with Gasteiger partial charge < -0.3 is 4.90 Å². The fourth-order valence-electron chi connectivity index (χ4n) is 6.06. The van der Waals surface area contributed by atoms with Crippen LogP contribution in [0.1, 0.15) is 42.5 Å². The van der Waals surface area contributed by atoms with Crippen LogP contribution in [-0.4, -0.2) is 38.0 Å². The predicted molar refractivity (Wildman–Crippen MR) is 107 cm³/mol. The highest BCUT2D eigenvalue weighted by molar-refractivity contribution is 6.00. The topological polar surface area (TPSA) is 50.5 Å². The van der Waals surface area contributed by atoms with Crippen molar-refractivity contribution in [1.29, 1.82) is 0 Å². The van der Waals surface area contributed by atoms with Gasteiger partial charge in [0, 0.05) is 24.3 Å². The summed E-state index contributed by atoms with van der Waals surface area (Å²) in [5, 5.41) is 4.55. The van der Waals surface area contributed by atoms with E-state index in [1.54, 1.807) is 12.4 Å². The van der Waals surface area contributed by atoms with E-state index >= 15 is 0 Å². The second-order valence-electron chi connectivity index (χ2n) is 8.88. The van der Waals surface area contributed by atoms with Crippen LogP contribution in [0.2, 0.25) is 0 Å². The molecule has 5 nitrogen and oxygen atoms in total. The van der Waals surface area contributed by atoms with E-state index in [1.807, 2.05) is 28.8 Å². The van der Waals surface area contributed by atoms with Gasteiger partial charge >= 0.3 is 0 Å². The Hall–Kier alpha value is -2.69. The first-order valence-corrected chi connectivity index (χ1v) is 10.5. The predicted octanol–water partition coefficient (Wildman–Crippen LogP) is 4.05. The zero-order valence-corrected chi connectivity index (χ0v) is 15.9. The molecule has 4 heterocycles. The minimum atomic E-state index is 0.117. The molecule has 5 heteroatoms. The zero-order chi connectivity index (χ0) is 18.7. The first-order chi connectivity index (χ1) is 13.8. The van der Waals surface area contributed by atoms with E-state index in [1.165, 1.54) is 32.1 Å². The molecule has 2 aliphatic heterocycles. The third kappa shape index (κ3) is 2.49. The smallest absolute Gasteiger partial charge is 0.259 e. The van der Waals surface area contributed by atoms with Crippen molar-refractivity contribution in [3.8, 4) is 11.3 Å². The third-order valence-electron chi connectivity index (χ3n) is 7.07. The van der Waals surface area contributed by atoms with Crippen LogP contribution < -0.4 is 0 Å². The number of carbonyl (C=O) groups excluding carboxylic acids is 1. The molecule has 0 spiro atoms. The molecule has 0 radical (unpaired) electrons. The Kier molecular flexibility index (Phi) is 3.58. The highest BCUT2D eigenvalue weighted by Crippen LogP contribution is 2.47. The average molecular weight is 372 g/mol. The Labute approximate surface area is 164 Å². The maximum atomic E-state index is 13.6. The highest BCUT2D eigenvalue weighted by Gasteiger charge is 2.44. The van der Waals surface area contributed by atoms with Crippen LogP contribution in [0.25, 0.3) is 16.9 Å². The van der Waals surface area contributed by atoms with Gasteiger partial charge in [-0.2, -0.15) is 5.10 Å². The fraction of sp³-hybridized carbons (Fsp3) is 0.435. The lowest BCUT2D eigenvalue weighted by molar-refractivity contribution is 0.0634. The number of nitrogens with zero attached hydrogens (tertiary/aromatic N) is 4. The second kappa shape index (κ2) is 6.16. The van der Waals surface area contributed by atoms with Crippen molar-refractivity contribution in [1.82, 2.24) is 19.5 Å². The molecule has 4 aliphatic rings. The third-order valence-corrected chi connectivity index (χ3v) is 7.07. The molecule has 1 amide bonds. The molecule has 4 bridgehead atoms. The van der Waals surface area contributed by atoms with E-state index in [0.717, 1.165) is 29.6 Å². The van der Waals surface area contributed by atoms with E-state index in [4.69, 9.17) is 0 Å². The summed E-state index contributed by atoms with van der Waals surface area (Å²) in [6, 6.07) is 12.5. The van der Waals surface area contributed by atoms with Crippen LogP contribution in [0.5, 0.6) is 0 Å². The van der Waals surface area contributed by atoms with Gasteiger partial charge in [-0.05, 0) is 55.9 Å². The molecular formula is C23H24N4O. The zero-order valence-electron chi connectivity index (χ0n) is 15.9. The monoisotopic (exact) mass is 372 g/mol. The molecule has 28 heavy (non-hydrogen) atoms. The highest BCUT2D eigenvalue weighted by atomic mass is 16.2. The Balaban J connectivity index is 1.39. The summed E-state index contributed by atoms with van der Waals surface area (Å²) in [4.78, 5) is 20.3. The SMILES string of the molecule is O=C(c1cnn2c(-c3ccccc3)ccnc12)N1CC2CC3CC(C2)CC1C3. The molecule has 1 aromatic carbocycles. The number of fused-ring (bicyclic) bond motifs is 2. The lowest BCUT2D eigenvalue weighted by atomic mass is 9.68. The molecule has 2 unspecified atom stereocenters. The lowest BCUT2D eigenvalue weighted by Gasteiger charge is -2.38. The minimum Gasteiger partial charge on any atom is -0.335 e. The number of hydrogen-bond acceptors (Lipinski definition) is 3. The molecule has 4 fully saturated rings. The van der Waals surface area contributed by atoms with Gasteiger partial charge in [-0.3, -0.25) is 4.79 Å². The van der Waals surface area contributed by atoms with Gasteiger partial charge in [-0.15, -0.1) is 0 Å². The largest absolute Gasteiger partial charge is 0.335 e. The first kappa shape index (κ1) is 16.3. The normalized spacial score (nSPS) is 28.6. The van der Waals surface area contributed by atoms with E-state index in [9.17, 15) is 4.79 Å². The summed E-state index contributed by atoms with van der Waals surface area (Å²) in [6.45, 7) is 0.909. The quantitative estimate of drug-likeness (QED) is 0.682. The summed E-state index contributed by atoms with van der Waals surface area (Å²) in [6.07, 6.45) is 9.86. The number of amides is 1. The van der Waals surface area contributed by atoms with Crippen molar-refractivity contribution < 1.29 is 4.79 Å². The summed E-state index contributed by atoms with van der Waals surface area (Å²) >= 11 is 0. The molecular weight excluding hydrogens is 348 g/mol. The molecule has 2 saturated heterocycles. The summed E-state index contributed by atoms with van der Waals surface area (Å²) in [7, 11) is 0. The Bertz CT molecular complexity index is 1030. The molecule has 3 aromatic rings. The van der Waals surface area contributed by atoms with Crippen molar-refractivity contribution >= 4 is 11.6 Å². The van der Waals surface area contributed by atoms with Crippen LogP contribution >= 0.6 is 0 Å². The molecule has 2 aromatic heterocycles. The van der Waals surface area contributed by atoms with E-state index in [0.29, 0.717) is 23.2 Å². The lowest BCUT2D eigenvalue weighted by Crippen LogP contribution is -2.42. The van der Waals surface area contributed by atoms with Crippen molar-refractivity contribution in [3.63, 3.8) is 0 Å². The van der Waals surface area contributed by atoms with Crippen LogP contribution in [-0.2, 0) is 0 Å². The number of benzene rings is 1. The van der Waals surface area contributed by atoms with Crippen LogP contribution in [0.3, 0.4) is 0 Å². The van der Waals surface area contributed by atoms with E-state index < -0.39 is 0 Å². The molecule has 7 rings (SSSR count). The average Bonchev–Trinajstić information content (AvgIpc) is 3.06. The number of aromatic nitrogens is 3. The van der Waals surface area contributed by atoms with Gasteiger partial charge in [0.2, 0.25) is 0 Å². The standard InChI is InChI=1S/C23H24N4O/c28-23(26-14-17-9-15-8-16(10-17)12-19(26)11-15)20-13-25-27-21(6-7-24-22(20)27)18-4-2-1-3-5-18/h1-7,13,15-17,19H,8-12,14H2. The number of carbonyl (C=O) groups is 1. The van der Waals surface area contributed by atoms with E-state index in [2.05, 4.69) is 27.1 Å². The van der Waals surface area contributed by atoms with Gasteiger partial charge in [0.15, 0.2) is 5.65 Å². The summed E-state index contributed by atoms with van der Waals surface area (Å²) < 4.78 is 1.81.